The van der Waals surface area contributed by atoms with Gasteiger partial charge in [0.25, 0.3) is 5.91 Å². The van der Waals surface area contributed by atoms with E-state index in [1.807, 2.05) is 11.0 Å². The highest BCUT2D eigenvalue weighted by Crippen LogP contribution is 2.47. The summed E-state index contributed by atoms with van der Waals surface area (Å²) in [6.07, 6.45) is 6.60. The summed E-state index contributed by atoms with van der Waals surface area (Å²) in [5, 5.41) is 0. The van der Waals surface area contributed by atoms with Crippen LogP contribution in [0.15, 0.2) is 66.9 Å². The maximum Gasteiger partial charge on any atom is 0.414 e. The van der Waals surface area contributed by atoms with Crippen LogP contribution in [0.1, 0.15) is 69.4 Å². The Bertz CT molecular complexity index is 1480. The number of nitrogens with zero attached hydrogens (tertiary/aromatic N) is 4. The van der Waals surface area contributed by atoms with Gasteiger partial charge >= 0.3 is 12.1 Å². The SMILES string of the molecule is O=C(OC[C@@H]1COC(=O)N1c1ccc(C(=O)N2CCN(c3ncc(C4CC4)cc3C3CC3)CC2)cc1)c1ccccc1. The Labute approximate surface area is 245 Å². The van der Waals surface area contributed by atoms with Gasteiger partial charge in [0.1, 0.15) is 25.1 Å². The molecule has 4 fully saturated rings. The van der Waals surface area contributed by atoms with E-state index in [-0.39, 0.29) is 19.1 Å². The summed E-state index contributed by atoms with van der Waals surface area (Å²) in [7, 11) is 0. The average molecular weight is 567 g/mol. The van der Waals surface area contributed by atoms with Crippen LogP contribution in [0, 0.1) is 0 Å². The van der Waals surface area contributed by atoms with Gasteiger partial charge < -0.3 is 19.3 Å². The molecule has 0 unspecified atom stereocenters. The molecular formula is C33H34N4O5. The highest BCUT2D eigenvalue weighted by atomic mass is 16.6. The van der Waals surface area contributed by atoms with E-state index in [1.165, 1.54) is 41.7 Å². The first kappa shape index (κ1) is 26.5. The zero-order chi connectivity index (χ0) is 28.6. The number of pyridine rings is 1. The topological polar surface area (TPSA) is 92.3 Å². The Kier molecular flexibility index (Phi) is 7.01. The lowest BCUT2D eigenvalue weighted by molar-refractivity contribution is 0.0475. The van der Waals surface area contributed by atoms with Gasteiger partial charge in [-0.2, -0.15) is 0 Å². The Hall–Kier alpha value is -4.40. The van der Waals surface area contributed by atoms with Crippen LogP contribution in [-0.4, -0.2) is 73.3 Å². The van der Waals surface area contributed by atoms with Gasteiger partial charge in [-0.1, -0.05) is 24.3 Å². The molecule has 0 N–H and O–H groups in total. The van der Waals surface area contributed by atoms with Crippen molar-refractivity contribution in [2.24, 2.45) is 0 Å². The first-order valence-corrected chi connectivity index (χ1v) is 14.9. The molecule has 216 valence electrons. The van der Waals surface area contributed by atoms with E-state index in [0.29, 0.717) is 41.7 Å². The molecule has 3 heterocycles. The number of carbonyl (C=O) groups is 3. The van der Waals surface area contributed by atoms with Crippen molar-refractivity contribution < 1.29 is 23.9 Å². The van der Waals surface area contributed by atoms with Crippen LogP contribution >= 0.6 is 0 Å². The lowest BCUT2D eigenvalue weighted by Gasteiger charge is -2.36. The van der Waals surface area contributed by atoms with Crippen LogP contribution in [0.3, 0.4) is 0 Å². The second-order valence-corrected chi connectivity index (χ2v) is 11.6. The third-order valence-corrected chi connectivity index (χ3v) is 8.62. The number of rotatable bonds is 8. The number of aromatic nitrogens is 1. The van der Waals surface area contributed by atoms with Gasteiger partial charge in [0.2, 0.25) is 0 Å². The molecule has 0 bridgehead atoms. The summed E-state index contributed by atoms with van der Waals surface area (Å²) in [5.41, 5.74) is 4.39. The number of esters is 1. The third kappa shape index (κ3) is 5.43. The summed E-state index contributed by atoms with van der Waals surface area (Å²) in [4.78, 5) is 48.8. The number of benzene rings is 2. The highest BCUT2D eigenvalue weighted by Gasteiger charge is 2.36. The predicted octanol–water partition coefficient (Wildman–Crippen LogP) is 4.98. The second-order valence-electron chi connectivity index (χ2n) is 11.6. The van der Waals surface area contributed by atoms with Crippen molar-refractivity contribution in [1.82, 2.24) is 9.88 Å². The molecule has 0 spiro atoms. The number of anilines is 2. The van der Waals surface area contributed by atoms with Crippen molar-refractivity contribution in [3.05, 3.63) is 89.1 Å². The molecule has 1 atom stereocenters. The minimum atomic E-state index is -0.504. The van der Waals surface area contributed by atoms with Gasteiger partial charge in [-0.15, -0.1) is 0 Å². The zero-order valence-corrected chi connectivity index (χ0v) is 23.5. The third-order valence-electron chi connectivity index (χ3n) is 8.62. The van der Waals surface area contributed by atoms with E-state index in [2.05, 4.69) is 17.2 Å². The first-order chi connectivity index (χ1) is 20.5. The molecule has 3 aromatic rings. The van der Waals surface area contributed by atoms with Crippen molar-refractivity contribution in [3.63, 3.8) is 0 Å². The summed E-state index contributed by atoms with van der Waals surface area (Å²) >= 11 is 0. The van der Waals surface area contributed by atoms with E-state index in [1.54, 1.807) is 48.5 Å². The quantitative estimate of drug-likeness (QED) is 0.355. The summed E-state index contributed by atoms with van der Waals surface area (Å²) < 4.78 is 10.7. The number of piperazine rings is 1. The van der Waals surface area contributed by atoms with Crippen molar-refractivity contribution in [3.8, 4) is 0 Å². The van der Waals surface area contributed by atoms with E-state index in [4.69, 9.17) is 14.5 Å². The molecule has 2 amide bonds. The number of hydrogen-bond donors (Lipinski definition) is 0. The normalized spacial score (nSPS) is 20.4. The van der Waals surface area contributed by atoms with E-state index < -0.39 is 18.1 Å². The maximum atomic E-state index is 13.4. The minimum absolute atomic E-state index is 0.00501. The van der Waals surface area contributed by atoms with Crippen molar-refractivity contribution in [1.29, 1.82) is 0 Å². The van der Waals surface area contributed by atoms with Crippen molar-refractivity contribution in [2.45, 2.75) is 43.6 Å². The molecule has 9 heteroatoms. The van der Waals surface area contributed by atoms with E-state index in [0.717, 1.165) is 18.9 Å². The second kappa shape index (κ2) is 11.1. The molecule has 2 aliphatic heterocycles. The average Bonchev–Trinajstić information content (AvgIpc) is 3.98. The van der Waals surface area contributed by atoms with Crippen LogP contribution in [-0.2, 0) is 9.47 Å². The van der Waals surface area contributed by atoms with Crippen LogP contribution in [0.2, 0.25) is 0 Å². The summed E-state index contributed by atoms with van der Waals surface area (Å²) in [5.74, 6) is 1.94. The molecule has 7 rings (SSSR count). The fourth-order valence-corrected chi connectivity index (χ4v) is 5.89. The Balaban J connectivity index is 0.968. The fraction of sp³-hybridized carbons (Fsp3) is 0.394. The monoisotopic (exact) mass is 566 g/mol. The molecular weight excluding hydrogens is 532 g/mol. The molecule has 2 aromatic carbocycles. The molecule has 9 nitrogen and oxygen atoms in total. The number of cyclic esters (lactones) is 1. The number of carbonyl (C=O) groups excluding carboxylic acids is 3. The largest absolute Gasteiger partial charge is 0.460 e. The fourth-order valence-electron chi connectivity index (χ4n) is 5.89. The van der Waals surface area contributed by atoms with E-state index in [9.17, 15) is 14.4 Å². The smallest absolute Gasteiger partial charge is 0.414 e. The standard InChI is InChI=1S/C33H34N4O5/c38-31(36-16-14-35(15-17-36)30-29(23-8-9-23)18-26(19-34-30)22-6-7-22)24-10-12-27(13-11-24)37-28(21-42-33(37)40)20-41-32(39)25-4-2-1-3-5-25/h1-5,10-13,18-19,22-23,28H,6-9,14-17,20-21H2/t28-/m1/s1. The first-order valence-electron chi connectivity index (χ1n) is 14.9. The van der Waals surface area contributed by atoms with Gasteiger partial charge in [-0.25, -0.2) is 14.6 Å². The Morgan fingerprint density at radius 1 is 0.881 bits per heavy atom. The molecule has 4 aliphatic rings. The summed E-state index contributed by atoms with van der Waals surface area (Å²) in [6.45, 7) is 2.89. The van der Waals surface area contributed by atoms with Crippen LogP contribution in [0.25, 0.3) is 0 Å². The zero-order valence-electron chi connectivity index (χ0n) is 23.5. The number of ether oxygens (including phenoxy) is 2. The van der Waals surface area contributed by atoms with Gasteiger partial charge in [0.05, 0.1) is 5.56 Å². The van der Waals surface area contributed by atoms with Crippen LogP contribution < -0.4 is 9.80 Å². The molecule has 1 aromatic heterocycles. The van der Waals surface area contributed by atoms with Gasteiger partial charge in [-0.05, 0) is 85.0 Å². The number of amides is 2. The molecule has 2 aliphatic carbocycles. The van der Waals surface area contributed by atoms with Crippen molar-refractivity contribution >= 4 is 29.5 Å². The summed E-state index contributed by atoms with van der Waals surface area (Å²) in [6, 6.07) is 17.6. The highest BCUT2D eigenvalue weighted by molar-refractivity contribution is 5.96. The van der Waals surface area contributed by atoms with Crippen LogP contribution in [0.4, 0.5) is 16.3 Å². The predicted molar refractivity (Wildman–Crippen MR) is 157 cm³/mol. The Morgan fingerprint density at radius 3 is 2.29 bits per heavy atom. The lowest BCUT2D eigenvalue weighted by Crippen LogP contribution is -2.49. The molecule has 2 saturated heterocycles. The van der Waals surface area contributed by atoms with Crippen LogP contribution in [0.5, 0.6) is 0 Å². The van der Waals surface area contributed by atoms with Crippen molar-refractivity contribution in [2.75, 3.05) is 49.2 Å². The van der Waals surface area contributed by atoms with Gasteiger partial charge in [0.15, 0.2) is 0 Å². The number of hydrogen-bond acceptors (Lipinski definition) is 7. The lowest BCUT2D eigenvalue weighted by atomic mass is 10.1. The van der Waals surface area contributed by atoms with Gasteiger partial charge in [0, 0.05) is 43.6 Å². The van der Waals surface area contributed by atoms with Gasteiger partial charge in [-0.3, -0.25) is 9.69 Å². The molecule has 42 heavy (non-hydrogen) atoms. The Morgan fingerprint density at radius 2 is 1.60 bits per heavy atom. The maximum absolute atomic E-state index is 13.4. The minimum Gasteiger partial charge on any atom is -0.460 e. The van der Waals surface area contributed by atoms with E-state index >= 15 is 0 Å². The molecule has 0 radical (unpaired) electrons. The molecule has 2 saturated carbocycles.